The number of Topliss-reactive ketones (excluding diaryl/α,β-unsaturated/α-hetero) is 1. The SMILES string of the molecule is COCCCC(CCCl)C(C)=O. The number of methoxy groups -OCH3 is 1. The first-order valence-corrected chi connectivity index (χ1v) is 4.81. The van der Waals surface area contributed by atoms with Crippen LogP contribution in [0.5, 0.6) is 0 Å². The molecule has 3 heteroatoms. The van der Waals surface area contributed by atoms with Gasteiger partial charge in [-0.1, -0.05) is 0 Å². The van der Waals surface area contributed by atoms with E-state index in [9.17, 15) is 4.79 Å². The van der Waals surface area contributed by atoms with Gasteiger partial charge in [-0.3, -0.25) is 4.79 Å². The third-order valence-corrected chi connectivity index (χ3v) is 2.15. The van der Waals surface area contributed by atoms with Gasteiger partial charge in [0.05, 0.1) is 0 Å². The smallest absolute Gasteiger partial charge is 0.132 e. The summed E-state index contributed by atoms with van der Waals surface area (Å²) in [5.41, 5.74) is 0. The molecule has 0 aromatic carbocycles. The molecule has 0 heterocycles. The summed E-state index contributed by atoms with van der Waals surface area (Å²) < 4.78 is 4.91. The van der Waals surface area contributed by atoms with Gasteiger partial charge in [-0.25, -0.2) is 0 Å². The summed E-state index contributed by atoms with van der Waals surface area (Å²) in [7, 11) is 1.67. The Labute approximate surface area is 79.2 Å². The predicted molar refractivity (Wildman–Crippen MR) is 50.6 cm³/mol. The highest BCUT2D eigenvalue weighted by atomic mass is 35.5. The van der Waals surface area contributed by atoms with E-state index in [-0.39, 0.29) is 11.7 Å². The van der Waals surface area contributed by atoms with Crippen LogP contribution in [0, 0.1) is 5.92 Å². The molecule has 0 aliphatic rings. The van der Waals surface area contributed by atoms with Crippen LogP contribution in [0.3, 0.4) is 0 Å². The van der Waals surface area contributed by atoms with E-state index in [1.54, 1.807) is 14.0 Å². The first-order chi connectivity index (χ1) is 5.72. The van der Waals surface area contributed by atoms with Gasteiger partial charge < -0.3 is 4.74 Å². The van der Waals surface area contributed by atoms with E-state index in [1.165, 1.54) is 0 Å². The molecule has 2 nitrogen and oxygen atoms in total. The van der Waals surface area contributed by atoms with Gasteiger partial charge in [0.15, 0.2) is 0 Å². The zero-order valence-corrected chi connectivity index (χ0v) is 8.56. The third kappa shape index (κ3) is 5.56. The van der Waals surface area contributed by atoms with E-state index in [0.717, 1.165) is 25.9 Å². The van der Waals surface area contributed by atoms with Crippen molar-refractivity contribution in [1.82, 2.24) is 0 Å². The summed E-state index contributed by atoms with van der Waals surface area (Å²) in [6.45, 7) is 2.36. The fraction of sp³-hybridized carbons (Fsp3) is 0.889. The first kappa shape index (κ1) is 11.9. The number of carbonyl (C=O) groups is 1. The molecule has 0 spiro atoms. The molecule has 12 heavy (non-hydrogen) atoms. The van der Waals surface area contributed by atoms with Crippen molar-refractivity contribution in [1.29, 1.82) is 0 Å². The van der Waals surface area contributed by atoms with Crippen LogP contribution in [0.2, 0.25) is 0 Å². The Hall–Kier alpha value is -0.0800. The van der Waals surface area contributed by atoms with Crippen molar-refractivity contribution >= 4 is 17.4 Å². The second-order valence-electron chi connectivity index (χ2n) is 2.92. The van der Waals surface area contributed by atoms with Crippen LogP contribution in [0.25, 0.3) is 0 Å². The lowest BCUT2D eigenvalue weighted by atomic mass is 9.97. The Balaban J connectivity index is 3.56. The van der Waals surface area contributed by atoms with Crippen LogP contribution in [0.15, 0.2) is 0 Å². The van der Waals surface area contributed by atoms with Crippen LogP contribution < -0.4 is 0 Å². The standard InChI is InChI=1S/C9H17ClO2/c1-8(11)9(5-6-10)4-3-7-12-2/h9H,3-7H2,1-2H3. The molecule has 0 saturated carbocycles. The average molecular weight is 193 g/mol. The van der Waals surface area contributed by atoms with E-state index >= 15 is 0 Å². The van der Waals surface area contributed by atoms with Gasteiger partial charge in [0, 0.05) is 25.5 Å². The molecule has 0 aromatic rings. The van der Waals surface area contributed by atoms with Crippen molar-refractivity contribution in [3.05, 3.63) is 0 Å². The molecular weight excluding hydrogens is 176 g/mol. The summed E-state index contributed by atoms with van der Waals surface area (Å²) in [6, 6.07) is 0. The summed E-state index contributed by atoms with van der Waals surface area (Å²) in [6.07, 6.45) is 2.63. The predicted octanol–water partition coefficient (Wildman–Crippen LogP) is 2.25. The monoisotopic (exact) mass is 192 g/mol. The van der Waals surface area contributed by atoms with Crippen molar-refractivity contribution in [2.45, 2.75) is 26.2 Å². The lowest BCUT2D eigenvalue weighted by molar-refractivity contribution is -0.121. The van der Waals surface area contributed by atoms with Crippen LogP contribution in [0.1, 0.15) is 26.2 Å². The quantitative estimate of drug-likeness (QED) is 0.457. The van der Waals surface area contributed by atoms with Crippen LogP contribution in [-0.2, 0) is 9.53 Å². The minimum atomic E-state index is 0.137. The van der Waals surface area contributed by atoms with E-state index < -0.39 is 0 Å². The zero-order chi connectivity index (χ0) is 9.40. The highest BCUT2D eigenvalue weighted by Crippen LogP contribution is 2.13. The van der Waals surface area contributed by atoms with Crippen molar-refractivity contribution in [3.8, 4) is 0 Å². The van der Waals surface area contributed by atoms with Gasteiger partial charge in [0.1, 0.15) is 5.78 Å². The number of halogens is 1. The second-order valence-corrected chi connectivity index (χ2v) is 3.30. The second kappa shape index (κ2) is 7.56. The molecule has 0 saturated heterocycles. The largest absolute Gasteiger partial charge is 0.385 e. The highest BCUT2D eigenvalue weighted by Gasteiger charge is 2.12. The lowest BCUT2D eigenvalue weighted by Crippen LogP contribution is -2.12. The number of ketones is 1. The van der Waals surface area contributed by atoms with Crippen molar-refractivity contribution < 1.29 is 9.53 Å². The molecule has 0 N–H and O–H groups in total. The number of ether oxygens (including phenoxy) is 1. The summed E-state index contributed by atoms with van der Waals surface area (Å²) >= 11 is 5.57. The van der Waals surface area contributed by atoms with Crippen molar-refractivity contribution in [2.75, 3.05) is 19.6 Å². The summed E-state index contributed by atoms with van der Waals surface area (Å²) in [5.74, 6) is 0.946. The van der Waals surface area contributed by atoms with Gasteiger partial charge in [0.25, 0.3) is 0 Å². The first-order valence-electron chi connectivity index (χ1n) is 4.27. The fourth-order valence-corrected chi connectivity index (χ4v) is 1.42. The minimum Gasteiger partial charge on any atom is -0.385 e. The average Bonchev–Trinajstić information content (AvgIpc) is 2.03. The van der Waals surface area contributed by atoms with E-state index in [2.05, 4.69) is 0 Å². The molecule has 0 rings (SSSR count). The van der Waals surface area contributed by atoms with E-state index in [1.807, 2.05) is 0 Å². The van der Waals surface area contributed by atoms with Gasteiger partial charge in [0.2, 0.25) is 0 Å². The molecule has 0 radical (unpaired) electrons. The number of carbonyl (C=O) groups excluding carboxylic acids is 1. The lowest BCUT2D eigenvalue weighted by Gasteiger charge is -2.10. The Kier molecular flexibility index (Phi) is 7.51. The zero-order valence-electron chi connectivity index (χ0n) is 7.81. The number of hydrogen-bond donors (Lipinski definition) is 0. The molecular formula is C9H17ClO2. The normalized spacial score (nSPS) is 12.9. The molecule has 0 fully saturated rings. The molecule has 72 valence electrons. The number of alkyl halides is 1. The van der Waals surface area contributed by atoms with Crippen molar-refractivity contribution in [2.24, 2.45) is 5.92 Å². The Bertz CT molecular complexity index is 126. The topological polar surface area (TPSA) is 26.3 Å². The summed E-state index contributed by atoms with van der Waals surface area (Å²) in [5, 5.41) is 0. The third-order valence-electron chi connectivity index (χ3n) is 1.93. The fourth-order valence-electron chi connectivity index (χ4n) is 1.16. The maximum atomic E-state index is 11.0. The molecule has 1 unspecified atom stereocenters. The maximum absolute atomic E-state index is 11.0. The molecule has 1 atom stereocenters. The Morgan fingerprint density at radius 3 is 2.58 bits per heavy atom. The van der Waals surface area contributed by atoms with Crippen LogP contribution in [0.4, 0.5) is 0 Å². The molecule has 0 aliphatic carbocycles. The minimum absolute atomic E-state index is 0.137. The van der Waals surface area contributed by atoms with Gasteiger partial charge in [-0.2, -0.15) is 0 Å². The van der Waals surface area contributed by atoms with Crippen molar-refractivity contribution in [3.63, 3.8) is 0 Å². The number of rotatable bonds is 7. The van der Waals surface area contributed by atoms with Crippen LogP contribution in [-0.4, -0.2) is 25.4 Å². The highest BCUT2D eigenvalue weighted by molar-refractivity contribution is 6.18. The van der Waals surface area contributed by atoms with Gasteiger partial charge >= 0.3 is 0 Å². The molecule has 0 amide bonds. The molecule has 0 aliphatic heterocycles. The van der Waals surface area contributed by atoms with Gasteiger partial charge in [-0.05, 0) is 26.2 Å². The van der Waals surface area contributed by atoms with Crippen LogP contribution >= 0.6 is 11.6 Å². The number of hydrogen-bond acceptors (Lipinski definition) is 2. The Morgan fingerprint density at radius 1 is 1.50 bits per heavy atom. The van der Waals surface area contributed by atoms with E-state index in [4.69, 9.17) is 16.3 Å². The molecule has 0 bridgehead atoms. The maximum Gasteiger partial charge on any atom is 0.132 e. The van der Waals surface area contributed by atoms with Gasteiger partial charge in [-0.15, -0.1) is 11.6 Å². The van der Waals surface area contributed by atoms with E-state index in [0.29, 0.717) is 5.88 Å². The Morgan fingerprint density at radius 2 is 2.17 bits per heavy atom. The summed E-state index contributed by atoms with van der Waals surface area (Å²) in [4.78, 5) is 11.0. The molecule has 0 aromatic heterocycles.